The summed E-state index contributed by atoms with van der Waals surface area (Å²) >= 11 is 1.55. The number of aryl methyl sites for hydroxylation is 2. The lowest BCUT2D eigenvalue weighted by Gasteiger charge is -2.11. The fraction of sp³-hybridized carbons (Fsp3) is 0.188. The number of ether oxygens (including phenoxy) is 1. The van der Waals surface area contributed by atoms with Gasteiger partial charge in [-0.25, -0.2) is 0 Å². The fourth-order valence-corrected chi connectivity index (χ4v) is 2.56. The first-order valence-electron chi connectivity index (χ1n) is 5.97. The van der Waals surface area contributed by atoms with E-state index in [2.05, 4.69) is 12.1 Å². The molecule has 0 spiro atoms. The first-order chi connectivity index (χ1) is 9.13. The minimum Gasteiger partial charge on any atom is -0.456 e. The molecule has 0 aliphatic carbocycles. The highest BCUT2D eigenvalue weighted by molar-refractivity contribution is 7.98. The van der Waals surface area contributed by atoms with Crippen LogP contribution in [0.2, 0.25) is 0 Å². The van der Waals surface area contributed by atoms with E-state index in [0.717, 1.165) is 21.8 Å². The monoisotopic (exact) mass is 269 g/mol. The smallest absolute Gasteiger partial charge is 0.146 e. The van der Waals surface area contributed by atoms with E-state index in [1.165, 1.54) is 0 Å². The molecule has 0 saturated carbocycles. The van der Waals surface area contributed by atoms with Crippen LogP contribution in [-0.2, 0) is 0 Å². The van der Waals surface area contributed by atoms with Crippen molar-refractivity contribution in [3.63, 3.8) is 0 Å². The van der Waals surface area contributed by atoms with Crippen LogP contribution in [-0.4, -0.2) is 6.26 Å². The molecule has 0 bridgehead atoms. The van der Waals surface area contributed by atoms with Crippen molar-refractivity contribution in [3.05, 3.63) is 53.1 Å². The Balaban J connectivity index is 2.41. The maximum atomic E-state index is 9.27. The number of nitriles is 1. The lowest BCUT2D eigenvalue weighted by Crippen LogP contribution is -1.91. The molecule has 0 aromatic heterocycles. The predicted octanol–water partition coefficient (Wildman–Crippen LogP) is 4.69. The zero-order valence-electron chi connectivity index (χ0n) is 11.2. The van der Waals surface area contributed by atoms with Gasteiger partial charge in [-0.15, -0.1) is 11.8 Å². The van der Waals surface area contributed by atoms with Crippen LogP contribution in [0.5, 0.6) is 11.5 Å². The molecular formula is C16H15NOS. The van der Waals surface area contributed by atoms with Crippen LogP contribution in [0.25, 0.3) is 0 Å². The summed E-state index contributed by atoms with van der Waals surface area (Å²) in [6.07, 6.45) is 1.96. The Morgan fingerprint density at radius 2 is 1.79 bits per heavy atom. The fourth-order valence-electron chi connectivity index (χ4n) is 2.00. The van der Waals surface area contributed by atoms with Gasteiger partial charge in [0.1, 0.15) is 23.1 Å². The highest BCUT2D eigenvalue weighted by Crippen LogP contribution is 2.32. The number of rotatable bonds is 3. The second kappa shape index (κ2) is 5.81. The molecule has 3 heteroatoms. The summed E-state index contributed by atoms with van der Waals surface area (Å²) in [6, 6.07) is 13.9. The molecule has 0 aliphatic heterocycles. The van der Waals surface area contributed by atoms with Crippen molar-refractivity contribution in [2.75, 3.05) is 6.26 Å². The van der Waals surface area contributed by atoms with Crippen molar-refractivity contribution in [2.45, 2.75) is 18.7 Å². The van der Waals surface area contributed by atoms with E-state index in [4.69, 9.17) is 4.74 Å². The van der Waals surface area contributed by atoms with E-state index in [0.29, 0.717) is 11.3 Å². The van der Waals surface area contributed by atoms with Crippen molar-refractivity contribution < 1.29 is 4.74 Å². The Hall–Kier alpha value is -1.92. The number of benzene rings is 2. The lowest BCUT2D eigenvalue weighted by molar-refractivity contribution is 0.479. The Kier molecular flexibility index (Phi) is 4.13. The van der Waals surface area contributed by atoms with Gasteiger partial charge in [0, 0.05) is 4.90 Å². The van der Waals surface area contributed by atoms with E-state index >= 15 is 0 Å². The summed E-state index contributed by atoms with van der Waals surface area (Å²) in [4.78, 5) is 0.935. The van der Waals surface area contributed by atoms with Gasteiger partial charge in [-0.3, -0.25) is 0 Å². The molecule has 19 heavy (non-hydrogen) atoms. The van der Waals surface area contributed by atoms with E-state index in [9.17, 15) is 5.26 Å². The molecule has 2 rings (SSSR count). The summed E-state index contributed by atoms with van der Waals surface area (Å²) < 4.78 is 5.87. The van der Waals surface area contributed by atoms with Crippen molar-refractivity contribution >= 4 is 11.8 Å². The summed E-state index contributed by atoms with van der Waals surface area (Å²) in [5, 5.41) is 9.27. The molecule has 0 N–H and O–H groups in total. The van der Waals surface area contributed by atoms with Crippen molar-refractivity contribution in [1.82, 2.24) is 0 Å². The standard InChI is InChI=1S/C16H15NOS/c1-11-7-12(2)9-13(8-11)18-15-5-4-6-16(19-3)14(15)10-17/h4-9H,1-3H3. The average molecular weight is 269 g/mol. The highest BCUT2D eigenvalue weighted by Gasteiger charge is 2.09. The maximum Gasteiger partial charge on any atom is 0.146 e. The summed E-state index contributed by atoms with van der Waals surface area (Å²) in [5.41, 5.74) is 2.89. The largest absolute Gasteiger partial charge is 0.456 e. The van der Waals surface area contributed by atoms with Gasteiger partial charge in [-0.05, 0) is 55.5 Å². The maximum absolute atomic E-state index is 9.27. The number of hydrogen-bond acceptors (Lipinski definition) is 3. The molecule has 0 radical (unpaired) electrons. The highest BCUT2D eigenvalue weighted by atomic mass is 32.2. The third-order valence-corrected chi connectivity index (χ3v) is 3.52. The predicted molar refractivity (Wildman–Crippen MR) is 78.9 cm³/mol. The summed E-state index contributed by atoms with van der Waals surface area (Å²) in [6.45, 7) is 4.06. The second-order valence-electron chi connectivity index (χ2n) is 4.37. The molecule has 2 aromatic carbocycles. The second-order valence-corrected chi connectivity index (χ2v) is 5.22. The van der Waals surface area contributed by atoms with Gasteiger partial charge in [-0.1, -0.05) is 12.1 Å². The van der Waals surface area contributed by atoms with E-state index in [-0.39, 0.29) is 0 Å². The molecule has 2 nitrogen and oxygen atoms in total. The molecule has 0 atom stereocenters. The minimum absolute atomic E-state index is 0.592. The van der Waals surface area contributed by atoms with Crippen LogP contribution < -0.4 is 4.74 Å². The number of hydrogen-bond donors (Lipinski definition) is 0. The Labute approximate surface area is 118 Å². The van der Waals surface area contributed by atoms with Gasteiger partial charge in [0.05, 0.1) is 0 Å². The molecule has 2 aromatic rings. The van der Waals surface area contributed by atoms with Gasteiger partial charge in [-0.2, -0.15) is 5.26 Å². The van der Waals surface area contributed by atoms with Crippen molar-refractivity contribution in [1.29, 1.82) is 5.26 Å². The Morgan fingerprint density at radius 3 is 2.37 bits per heavy atom. The molecule has 0 heterocycles. The average Bonchev–Trinajstić information content (AvgIpc) is 2.37. The van der Waals surface area contributed by atoms with Crippen LogP contribution in [0.1, 0.15) is 16.7 Å². The van der Waals surface area contributed by atoms with E-state index in [1.54, 1.807) is 11.8 Å². The topological polar surface area (TPSA) is 33.0 Å². The molecule has 0 saturated heterocycles. The normalized spacial score (nSPS) is 10.0. The first kappa shape index (κ1) is 13.5. The molecule has 0 fully saturated rings. The zero-order valence-corrected chi connectivity index (χ0v) is 12.0. The minimum atomic E-state index is 0.592. The lowest BCUT2D eigenvalue weighted by atomic mass is 10.1. The van der Waals surface area contributed by atoms with Crippen LogP contribution in [0.3, 0.4) is 0 Å². The molecule has 96 valence electrons. The van der Waals surface area contributed by atoms with Crippen molar-refractivity contribution in [3.8, 4) is 17.6 Å². The third-order valence-electron chi connectivity index (χ3n) is 2.74. The van der Waals surface area contributed by atoms with E-state index < -0.39 is 0 Å². The first-order valence-corrected chi connectivity index (χ1v) is 7.20. The molecule has 0 unspecified atom stereocenters. The number of nitrogens with zero attached hydrogens (tertiary/aromatic N) is 1. The van der Waals surface area contributed by atoms with Crippen LogP contribution in [0.15, 0.2) is 41.3 Å². The summed E-state index contributed by atoms with van der Waals surface area (Å²) in [5.74, 6) is 1.38. The van der Waals surface area contributed by atoms with Gasteiger partial charge in [0.2, 0.25) is 0 Å². The van der Waals surface area contributed by atoms with Gasteiger partial charge in [0.15, 0.2) is 0 Å². The van der Waals surface area contributed by atoms with Crippen molar-refractivity contribution in [2.24, 2.45) is 0 Å². The van der Waals surface area contributed by atoms with Crippen LogP contribution >= 0.6 is 11.8 Å². The van der Waals surface area contributed by atoms with Gasteiger partial charge in [0.25, 0.3) is 0 Å². The Morgan fingerprint density at radius 1 is 1.11 bits per heavy atom. The number of thioether (sulfide) groups is 1. The molecule has 0 aliphatic rings. The molecule has 0 amide bonds. The SMILES string of the molecule is CSc1cccc(Oc2cc(C)cc(C)c2)c1C#N. The van der Waals surface area contributed by atoms with Gasteiger partial charge < -0.3 is 4.74 Å². The zero-order chi connectivity index (χ0) is 13.8. The summed E-state index contributed by atoms with van der Waals surface area (Å²) in [7, 11) is 0. The van der Waals surface area contributed by atoms with E-state index in [1.807, 2.05) is 50.4 Å². The van der Waals surface area contributed by atoms with Gasteiger partial charge >= 0.3 is 0 Å². The Bertz CT molecular complexity index is 623. The van der Waals surface area contributed by atoms with Crippen LogP contribution in [0, 0.1) is 25.2 Å². The third kappa shape index (κ3) is 3.10. The quantitative estimate of drug-likeness (QED) is 0.758. The van der Waals surface area contributed by atoms with Crippen LogP contribution in [0.4, 0.5) is 0 Å². The molecular weight excluding hydrogens is 254 g/mol.